The number of carbonyl (C=O) groups excluding carboxylic acids is 1. The molecule has 0 radical (unpaired) electrons. The summed E-state index contributed by atoms with van der Waals surface area (Å²) >= 11 is 5.38. The molecule has 1 aliphatic rings. The van der Waals surface area contributed by atoms with Gasteiger partial charge in [-0.3, -0.25) is 0 Å². The molecule has 1 fully saturated rings. The number of aliphatic hydroxyl groups excluding tert-OH is 4. The molecule has 12 heteroatoms. The minimum Gasteiger partial charge on any atom is -0.387 e. The molecule has 1 heterocycles. The van der Waals surface area contributed by atoms with Gasteiger partial charge in [0.25, 0.3) is 0 Å². The van der Waals surface area contributed by atoms with E-state index >= 15 is 0 Å². The Morgan fingerprint density at radius 2 is 2.04 bits per heavy atom. The van der Waals surface area contributed by atoms with Gasteiger partial charge in [0.05, 0.1) is 11.8 Å². The zero-order valence-electron chi connectivity index (χ0n) is 12.2. The van der Waals surface area contributed by atoms with Gasteiger partial charge >= 0.3 is 6.03 Å². The lowest BCUT2D eigenvalue weighted by Gasteiger charge is -2.46. The lowest BCUT2D eigenvalue weighted by atomic mass is 9.90. The van der Waals surface area contributed by atoms with E-state index in [2.05, 4.69) is 5.29 Å². The van der Waals surface area contributed by atoms with E-state index < -0.39 is 42.5 Å². The Morgan fingerprint density at radius 3 is 2.52 bits per heavy atom. The van der Waals surface area contributed by atoms with E-state index in [4.69, 9.17) is 16.3 Å². The minimum absolute atomic E-state index is 0.0850. The van der Waals surface area contributed by atoms with Crippen molar-refractivity contribution in [2.45, 2.75) is 49.8 Å². The van der Waals surface area contributed by atoms with Gasteiger partial charge in [0.1, 0.15) is 24.4 Å². The lowest BCUT2D eigenvalue weighted by molar-refractivity contribution is -0.358. The maximum Gasteiger partial charge on any atom is 0.342 e. The molecule has 1 rings (SSSR count). The van der Waals surface area contributed by atoms with Gasteiger partial charge in [0.15, 0.2) is 12.0 Å². The van der Waals surface area contributed by atoms with Gasteiger partial charge in [-0.1, -0.05) is 6.92 Å². The number of amides is 2. The first-order valence-corrected chi connectivity index (χ1v) is 7.35. The van der Waals surface area contributed by atoms with Gasteiger partial charge in [-0.15, -0.1) is 16.5 Å². The van der Waals surface area contributed by atoms with Crippen LogP contribution in [-0.4, -0.2) is 85.4 Å². The van der Waals surface area contributed by atoms with Crippen molar-refractivity contribution < 1.29 is 35.1 Å². The maximum atomic E-state index is 11.7. The Labute approximate surface area is 136 Å². The maximum absolute atomic E-state index is 11.7. The van der Waals surface area contributed by atoms with Crippen LogP contribution in [0.5, 0.6) is 0 Å². The molecule has 1 saturated heterocycles. The molecule has 1 aliphatic heterocycles. The second-order valence-corrected chi connectivity index (χ2v) is 5.37. The highest BCUT2D eigenvalue weighted by Crippen LogP contribution is 2.31. The third-order valence-corrected chi connectivity index (χ3v) is 3.70. The van der Waals surface area contributed by atoms with Crippen LogP contribution in [0, 0.1) is 4.91 Å². The van der Waals surface area contributed by atoms with Crippen LogP contribution in [0.3, 0.4) is 0 Å². The van der Waals surface area contributed by atoms with Crippen LogP contribution in [0.25, 0.3) is 0 Å². The van der Waals surface area contributed by atoms with Gasteiger partial charge in [-0.25, -0.2) is 4.79 Å². The van der Waals surface area contributed by atoms with Crippen molar-refractivity contribution in [1.29, 1.82) is 0 Å². The molecule has 6 N–H and O–H groups in total. The summed E-state index contributed by atoms with van der Waals surface area (Å²) in [4.78, 5) is 22.2. The summed E-state index contributed by atoms with van der Waals surface area (Å²) < 4.78 is 5.03. The first kappa shape index (κ1) is 20.0. The van der Waals surface area contributed by atoms with Crippen LogP contribution in [0.4, 0.5) is 4.79 Å². The highest BCUT2D eigenvalue weighted by molar-refractivity contribution is 6.18. The van der Waals surface area contributed by atoms with Crippen molar-refractivity contribution in [2.75, 3.05) is 12.4 Å². The molecule has 134 valence electrons. The zero-order chi connectivity index (χ0) is 17.8. The Hall–Kier alpha value is -1.08. The summed E-state index contributed by atoms with van der Waals surface area (Å²) in [6.07, 6.45) is -9.18. The van der Waals surface area contributed by atoms with Crippen molar-refractivity contribution in [3.05, 3.63) is 4.91 Å². The molecule has 2 amide bonds. The van der Waals surface area contributed by atoms with Crippen molar-refractivity contribution in [3.8, 4) is 0 Å². The van der Waals surface area contributed by atoms with Gasteiger partial charge in [0.2, 0.25) is 0 Å². The second-order valence-electron chi connectivity index (χ2n) is 4.99. The van der Waals surface area contributed by atoms with Crippen LogP contribution >= 0.6 is 11.6 Å². The van der Waals surface area contributed by atoms with E-state index in [9.17, 15) is 35.2 Å². The average Bonchev–Trinajstić information content (AvgIpc) is 2.53. The van der Waals surface area contributed by atoms with Crippen LogP contribution in [0.2, 0.25) is 0 Å². The van der Waals surface area contributed by atoms with Crippen LogP contribution < -0.4 is 5.32 Å². The molecular weight excluding hydrogens is 338 g/mol. The smallest absolute Gasteiger partial charge is 0.342 e. The van der Waals surface area contributed by atoms with Crippen molar-refractivity contribution in [2.24, 2.45) is 5.29 Å². The molecule has 0 bridgehead atoms. The summed E-state index contributed by atoms with van der Waals surface area (Å²) in [5.41, 5.74) is 0. The first-order valence-electron chi connectivity index (χ1n) is 6.81. The van der Waals surface area contributed by atoms with Gasteiger partial charge in [-0.05, 0) is 0 Å². The topological polar surface area (TPSA) is 172 Å². The van der Waals surface area contributed by atoms with E-state index in [1.54, 1.807) is 0 Å². The zero-order valence-corrected chi connectivity index (χ0v) is 13.0. The average molecular weight is 358 g/mol. The standard InChI is InChI=1S/C11H20ClN3O8/c1-2-11(21)8(18)6(17)5(16)7(23-11)9(19)13-10(20)15(14-22)4-3-12/h5-9,16-19,21H,2-4H2,1H3,(H,13,20)/t5-,6-,7-,8+,9?,11-/m0/s1. The molecule has 0 aromatic carbocycles. The predicted molar refractivity (Wildman–Crippen MR) is 75.9 cm³/mol. The largest absolute Gasteiger partial charge is 0.387 e. The summed E-state index contributed by atoms with van der Waals surface area (Å²) in [5, 5.41) is 54.0. The molecular formula is C11H20ClN3O8. The number of nitrogens with zero attached hydrogens (tertiary/aromatic N) is 2. The van der Waals surface area contributed by atoms with Crippen LogP contribution in [-0.2, 0) is 4.74 Å². The van der Waals surface area contributed by atoms with Gasteiger partial charge < -0.3 is 35.6 Å². The summed E-state index contributed by atoms with van der Waals surface area (Å²) in [6, 6.07) is -1.12. The number of hydrogen-bond donors (Lipinski definition) is 6. The van der Waals surface area contributed by atoms with E-state index in [0.29, 0.717) is 5.01 Å². The first-order chi connectivity index (χ1) is 10.7. The van der Waals surface area contributed by atoms with Gasteiger partial charge in [-0.2, -0.15) is 5.01 Å². The monoisotopic (exact) mass is 357 g/mol. The number of halogens is 1. The summed E-state index contributed by atoms with van der Waals surface area (Å²) in [6.45, 7) is 1.21. The molecule has 0 spiro atoms. The second kappa shape index (κ2) is 8.15. The van der Waals surface area contributed by atoms with E-state index in [1.165, 1.54) is 6.92 Å². The third kappa shape index (κ3) is 4.26. The van der Waals surface area contributed by atoms with Crippen LogP contribution in [0.15, 0.2) is 5.29 Å². The molecule has 0 aliphatic carbocycles. The quantitative estimate of drug-likeness (QED) is 0.135. The van der Waals surface area contributed by atoms with Gasteiger partial charge in [0, 0.05) is 12.3 Å². The Kier molecular flexibility index (Phi) is 7.07. The molecule has 6 atom stereocenters. The van der Waals surface area contributed by atoms with E-state index in [0.717, 1.165) is 0 Å². The molecule has 0 aromatic rings. The minimum atomic E-state index is -2.23. The van der Waals surface area contributed by atoms with Crippen molar-refractivity contribution >= 4 is 17.6 Å². The highest BCUT2D eigenvalue weighted by atomic mass is 35.5. The number of carbonyl (C=O) groups is 1. The highest BCUT2D eigenvalue weighted by Gasteiger charge is 2.53. The van der Waals surface area contributed by atoms with Crippen molar-refractivity contribution in [3.63, 3.8) is 0 Å². The molecule has 23 heavy (non-hydrogen) atoms. The predicted octanol–water partition coefficient (Wildman–Crippen LogP) is -2.18. The summed E-state index contributed by atoms with van der Waals surface area (Å²) in [7, 11) is 0. The number of ether oxygens (including phenoxy) is 1. The Balaban J connectivity index is 2.83. The SMILES string of the molecule is CC[C@]1(O)O[C@H](C(O)NC(=O)N(CCCl)N=O)[C@@H](O)[C@H](O)[C@H]1O. The number of nitrogens with one attached hydrogen (secondary N) is 1. The fourth-order valence-electron chi connectivity index (χ4n) is 2.11. The summed E-state index contributed by atoms with van der Waals surface area (Å²) in [5.74, 6) is -2.31. The van der Waals surface area contributed by atoms with Crippen LogP contribution in [0.1, 0.15) is 13.3 Å². The number of rotatable bonds is 6. The number of aliphatic hydroxyl groups is 5. The molecule has 0 aromatic heterocycles. The molecule has 11 nitrogen and oxygen atoms in total. The van der Waals surface area contributed by atoms with Crippen molar-refractivity contribution in [1.82, 2.24) is 10.3 Å². The lowest BCUT2D eigenvalue weighted by Crippen LogP contribution is -2.68. The normalized spacial score (nSPS) is 35.4. The fraction of sp³-hybridized carbons (Fsp3) is 0.909. The third-order valence-electron chi connectivity index (χ3n) is 3.53. The fourth-order valence-corrected chi connectivity index (χ4v) is 2.27. The number of alkyl halides is 1. The number of nitroso groups, excluding NO2 is 1. The number of urea groups is 1. The molecule has 0 saturated carbocycles. The Bertz CT molecular complexity index is 430. The van der Waals surface area contributed by atoms with E-state index in [1.807, 2.05) is 5.32 Å². The van der Waals surface area contributed by atoms with E-state index in [-0.39, 0.29) is 18.8 Å². The number of hydrogen-bond acceptors (Lipinski definition) is 9. The Morgan fingerprint density at radius 1 is 1.43 bits per heavy atom. The molecule has 1 unspecified atom stereocenters.